The van der Waals surface area contributed by atoms with Gasteiger partial charge in [-0.25, -0.2) is 0 Å². The third-order valence-electron chi connectivity index (χ3n) is 7.02. The Morgan fingerprint density at radius 3 is 2.41 bits per heavy atom. The van der Waals surface area contributed by atoms with Crippen molar-refractivity contribution in [2.24, 2.45) is 0 Å². The van der Waals surface area contributed by atoms with Gasteiger partial charge >= 0.3 is 0 Å². The fourth-order valence-electron chi connectivity index (χ4n) is 5.47. The molecule has 1 aliphatic carbocycles. The van der Waals surface area contributed by atoms with Crippen molar-refractivity contribution >= 4 is 5.69 Å². The summed E-state index contributed by atoms with van der Waals surface area (Å²) in [6.07, 6.45) is 7.39. The summed E-state index contributed by atoms with van der Waals surface area (Å²) >= 11 is 0. The number of benzene rings is 2. The Bertz CT molecular complexity index is 1040. The van der Waals surface area contributed by atoms with E-state index in [0.717, 1.165) is 18.8 Å². The zero-order valence-corrected chi connectivity index (χ0v) is 17.8. The molecule has 0 N–H and O–H groups in total. The van der Waals surface area contributed by atoms with Gasteiger partial charge in [-0.3, -0.25) is 4.98 Å². The van der Waals surface area contributed by atoms with E-state index in [1.54, 1.807) is 5.56 Å². The van der Waals surface area contributed by atoms with Crippen LogP contribution in [0.4, 0.5) is 5.69 Å². The second kappa shape index (κ2) is 7.02. The molecule has 2 aromatic carbocycles. The van der Waals surface area contributed by atoms with Crippen LogP contribution in [0.25, 0.3) is 11.1 Å². The smallest absolute Gasteiger partial charge is 0.0429 e. The first-order chi connectivity index (χ1) is 14.0. The van der Waals surface area contributed by atoms with E-state index in [1.165, 1.54) is 59.2 Å². The highest BCUT2D eigenvalue weighted by Gasteiger charge is 2.44. The number of aromatic nitrogens is 1. The summed E-state index contributed by atoms with van der Waals surface area (Å²) in [5.74, 6) is 0. The Morgan fingerprint density at radius 2 is 1.69 bits per heavy atom. The van der Waals surface area contributed by atoms with Crippen LogP contribution in [0.3, 0.4) is 0 Å². The van der Waals surface area contributed by atoms with Gasteiger partial charge < -0.3 is 4.90 Å². The molecule has 1 aliphatic heterocycles. The van der Waals surface area contributed by atoms with Crippen molar-refractivity contribution in [1.82, 2.24) is 4.98 Å². The van der Waals surface area contributed by atoms with Gasteiger partial charge in [-0.2, -0.15) is 0 Å². The van der Waals surface area contributed by atoms with E-state index in [2.05, 4.69) is 79.2 Å². The van der Waals surface area contributed by atoms with Crippen LogP contribution in [0.5, 0.6) is 0 Å². The number of anilines is 1. The van der Waals surface area contributed by atoms with Crippen molar-refractivity contribution in [3.8, 4) is 11.1 Å². The Balaban J connectivity index is 1.55. The molecule has 2 heteroatoms. The minimum atomic E-state index is 0.335. The number of pyridine rings is 1. The van der Waals surface area contributed by atoms with Crippen LogP contribution >= 0.6 is 0 Å². The van der Waals surface area contributed by atoms with Gasteiger partial charge in [0.1, 0.15) is 0 Å². The van der Waals surface area contributed by atoms with Gasteiger partial charge in [-0.05, 0) is 74.1 Å². The average Bonchev–Trinajstić information content (AvgIpc) is 3.29. The maximum atomic E-state index is 4.57. The predicted octanol–water partition coefficient (Wildman–Crippen LogP) is 6.51. The molecule has 0 unspecified atom stereocenters. The molecule has 2 nitrogen and oxygen atoms in total. The summed E-state index contributed by atoms with van der Waals surface area (Å²) in [5, 5.41) is 0. The Labute approximate surface area is 174 Å². The Kier molecular flexibility index (Phi) is 4.46. The van der Waals surface area contributed by atoms with E-state index in [0.29, 0.717) is 5.41 Å². The Morgan fingerprint density at radius 1 is 0.931 bits per heavy atom. The van der Waals surface area contributed by atoms with E-state index >= 15 is 0 Å². The van der Waals surface area contributed by atoms with Crippen molar-refractivity contribution < 1.29 is 0 Å². The van der Waals surface area contributed by atoms with Gasteiger partial charge in [0.2, 0.25) is 0 Å². The van der Waals surface area contributed by atoms with Crippen LogP contribution in [-0.2, 0) is 12.0 Å². The van der Waals surface area contributed by atoms with E-state index in [1.807, 2.05) is 6.20 Å². The van der Waals surface area contributed by atoms with Gasteiger partial charge in [-0.15, -0.1) is 0 Å². The third kappa shape index (κ3) is 3.25. The van der Waals surface area contributed by atoms with Crippen LogP contribution in [0, 0.1) is 20.8 Å². The van der Waals surface area contributed by atoms with Gasteiger partial charge in [0.15, 0.2) is 0 Å². The maximum absolute atomic E-state index is 4.57. The van der Waals surface area contributed by atoms with Crippen LogP contribution in [0.15, 0.2) is 54.7 Å². The topological polar surface area (TPSA) is 16.1 Å². The molecule has 0 radical (unpaired) electrons. The number of hydrogen-bond donors (Lipinski definition) is 0. The maximum Gasteiger partial charge on any atom is 0.0429 e. The molecule has 2 heterocycles. The predicted molar refractivity (Wildman–Crippen MR) is 122 cm³/mol. The number of nitrogens with zero attached hydrogens (tertiary/aromatic N) is 2. The van der Waals surface area contributed by atoms with E-state index in [4.69, 9.17) is 0 Å². The molecule has 1 aromatic heterocycles. The molecule has 1 spiro atoms. The molecule has 0 atom stereocenters. The minimum Gasteiger partial charge on any atom is -0.366 e. The molecule has 0 saturated heterocycles. The molecule has 0 amide bonds. The van der Waals surface area contributed by atoms with Crippen LogP contribution in [-0.4, -0.2) is 11.5 Å². The number of hydrogen-bond acceptors (Lipinski definition) is 2. The highest BCUT2D eigenvalue weighted by Crippen LogP contribution is 2.51. The highest BCUT2D eigenvalue weighted by atomic mass is 15.2. The second-order valence-corrected chi connectivity index (χ2v) is 9.20. The monoisotopic (exact) mass is 382 g/mol. The zero-order chi connectivity index (χ0) is 20.0. The van der Waals surface area contributed by atoms with Crippen molar-refractivity contribution in [3.05, 3.63) is 82.7 Å². The van der Waals surface area contributed by atoms with E-state index in [-0.39, 0.29) is 0 Å². The summed E-state index contributed by atoms with van der Waals surface area (Å²) in [5.41, 5.74) is 11.1. The fourth-order valence-corrected chi connectivity index (χ4v) is 5.47. The molecule has 0 bridgehead atoms. The van der Waals surface area contributed by atoms with Crippen molar-refractivity contribution in [3.63, 3.8) is 0 Å². The highest BCUT2D eigenvalue weighted by molar-refractivity contribution is 5.74. The molecule has 148 valence electrons. The summed E-state index contributed by atoms with van der Waals surface area (Å²) in [7, 11) is 0. The van der Waals surface area contributed by atoms with Gasteiger partial charge in [0.05, 0.1) is 0 Å². The lowest BCUT2D eigenvalue weighted by Gasteiger charge is -2.26. The summed E-state index contributed by atoms with van der Waals surface area (Å²) < 4.78 is 0. The molecule has 5 rings (SSSR count). The standard InChI is InChI=1S/C27H30N2/c1-19-6-8-22(9-7-19)17-29-18-27(12-4-5-13-27)25-15-23(10-11-26(25)29)24-16-28-21(3)14-20(24)2/h6-11,14-16H,4-5,12-13,17-18H2,1-3H3. The van der Waals surface area contributed by atoms with E-state index < -0.39 is 0 Å². The first kappa shape index (κ1) is 18.4. The van der Waals surface area contributed by atoms with Gasteiger partial charge in [-0.1, -0.05) is 48.7 Å². The number of fused-ring (bicyclic) bond motifs is 2. The minimum absolute atomic E-state index is 0.335. The lowest BCUT2D eigenvalue weighted by molar-refractivity contribution is 0.465. The average molecular weight is 383 g/mol. The van der Waals surface area contributed by atoms with Gasteiger partial charge in [0.25, 0.3) is 0 Å². The largest absolute Gasteiger partial charge is 0.366 e. The number of rotatable bonds is 3. The van der Waals surface area contributed by atoms with Crippen LogP contribution in [0.2, 0.25) is 0 Å². The van der Waals surface area contributed by atoms with Crippen molar-refractivity contribution in [2.45, 2.75) is 58.4 Å². The molecule has 2 aliphatic rings. The molecule has 1 saturated carbocycles. The lowest BCUT2D eigenvalue weighted by Crippen LogP contribution is -2.30. The van der Waals surface area contributed by atoms with E-state index in [9.17, 15) is 0 Å². The molecular weight excluding hydrogens is 352 g/mol. The fraction of sp³-hybridized carbons (Fsp3) is 0.370. The summed E-state index contributed by atoms with van der Waals surface area (Å²) in [6, 6.07) is 18.4. The number of aryl methyl sites for hydroxylation is 3. The summed E-state index contributed by atoms with van der Waals surface area (Å²) in [6.45, 7) is 8.58. The van der Waals surface area contributed by atoms with Crippen LogP contribution in [0.1, 0.15) is 53.6 Å². The first-order valence-corrected chi connectivity index (χ1v) is 10.9. The Hall–Kier alpha value is -2.61. The first-order valence-electron chi connectivity index (χ1n) is 10.9. The van der Waals surface area contributed by atoms with Crippen molar-refractivity contribution in [2.75, 3.05) is 11.4 Å². The van der Waals surface area contributed by atoms with Crippen LogP contribution < -0.4 is 4.90 Å². The molecular formula is C27H30N2. The summed E-state index contributed by atoms with van der Waals surface area (Å²) in [4.78, 5) is 7.19. The second-order valence-electron chi connectivity index (χ2n) is 9.20. The van der Waals surface area contributed by atoms with Gasteiger partial charge in [0, 0.05) is 41.6 Å². The quantitative estimate of drug-likeness (QED) is 0.513. The normalized spacial score (nSPS) is 17.1. The van der Waals surface area contributed by atoms with Crippen molar-refractivity contribution in [1.29, 1.82) is 0 Å². The molecule has 3 aromatic rings. The SMILES string of the molecule is Cc1ccc(CN2CC3(CCCC3)c3cc(-c4cnc(C)cc4C)ccc32)cc1. The lowest BCUT2D eigenvalue weighted by atomic mass is 9.80. The molecule has 29 heavy (non-hydrogen) atoms. The zero-order valence-electron chi connectivity index (χ0n) is 17.8. The third-order valence-corrected chi connectivity index (χ3v) is 7.02. The molecule has 1 fully saturated rings.